The van der Waals surface area contributed by atoms with Gasteiger partial charge in [0.25, 0.3) is 0 Å². The van der Waals surface area contributed by atoms with Crippen molar-refractivity contribution in [2.75, 3.05) is 14.2 Å². The number of rotatable bonds is 12. The molecule has 13 aromatic carbocycles. The van der Waals surface area contributed by atoms with Crippen LogP contribution in [0.1, 0.15) is 33.4 Å². The molecule has 0 spiro atoms. The minimum atomic E-state index is 0.772. The summed E-state index contributed by atoms with van der Waals surface area (Å²) in [5.41, 5.74) is 18.2. The fraction of sp³-hybridized carbons (Fsp3) is 0.0263. The number of hydrogen-bond donors (Lipinski definition) is 0. The lowest BCUT2D eigenvalue weighted by Gasteiger charge is -2.19. The van der Waals surface area contributed by atoms with E-state index in [9.17, 15) is 0 Å². The molecule has 0 atom stereocenters. The predicted octanol–water partition coefficient (Wildman–Crippen LogP) is 20.2. The molecule has 0 saturated heterocycles. The zero-order valence-electron chi connectivity index (χ0n) is 43.5. The molecule has 0 fully saturated rings. The van der Waals surface area contributed by atoms with Crippen LogP contribution < -0.4 is 9.47 Å². The van der Waals surface area contributed by atoms with Crippen molar-refractivity contribution in [1.29, 1.82) is 0 Å². The summed E-state index contributed by atoms with van der Waals surface area (Å²) in [6, 6.07) is 100. The largest absolute Gasteiger partial charge is 0.496 e. The number of benzene rings is 13. The molecule has 0 amide bonds. The number of fused-ring (bicyclic) bond motifs is 4. The summed E-state index contributed by atoms with van der Waals surface area (Å²) in [5, 5.41) is 9.65. The maximum atomic E-state index is 6.22. The Labute approximate surface area is 456 Å². The molecule has 2 nitrogen and oxygen atoms in total. The summed E-state index contributed by atoms with van der Waals surface area (Å²) in [6.07, 6.45) is 4.77. The zero-order chi connectivity index (χ0) is 52.4. The van der Waals surface area contributed by atoms with Crippen molar-refractivity contribution in [2.45, 2.75) is 0 Å². The molecule has 0 heterocycles. The van der Waals surface area contributed by atoms with Gasteiger partial charge in [-0.25, -0.2) is 0 Å². The van der Waals surface area contributed by atoms with Crippen LogP contribution in [0.3, 0.4) is 0 Å². The molecular formula is C76H54O2. The van der Waals surface area contributed by atoms with Crippen molar-refractivity contribution >= 4 is 66.4 Å². The van der Waals surface area contributed by atoms with Gasteiger partial charge in [-0.2, -0.15) is 0 Å². The molecule has 13 rings (SSSR count). The van der Waals surface area contributed by atoms with Crippen LogP contribution in [0.5, 0.6) is 11.5 Å². The van der Waals surface area contributed by atoms with E-state index in [0.717, 1.165) is 44.9 Å². The SMILES string of the molecule is COc1cc(-c2ccc(-c3c4ccccc4c(C=C(c4ccccc4)c4ccccc4)c4ccccc34)cc2)c(OC)cc1-c1ccc(-c2c3ccccc3c(C=C(c3ccccc3)c3ccccc3)c3ccccc23)cc1. The van der Waals surface area contributed by atoms with Gasteiger partial charge < -0.3 is 9.47 Å². The van der Waals surface area contributed by atoms with E-state index in [0.29, 0.717) is 0 Å². The molecule has 0 N–H and O–H groups in total. The molecule has 0 aromatic heterocycles. The van der Waals surface area contributed by atoms with E-state index in [-0.39, 0.29) is 0 Å². The summed E-state index contributed by atoms with van der Waals surface area (Å²) >= 11 is 0. The first-order chi connectivity index (χ1) is 38.6. The summed E-state index contributed by atoms with van der Waals surface area (Å²) in [7, 11) is 3.50. The van der Waals surface area contributed by atoms with Gasteiger partial charge in [0.05, 0.1) is 14.2 Å². The van der Waals surface area contributed by atoms with Gasteiger partial charge in [-0.15, -0.1) is 0 Å². The molecule has 78 heavy (non-hydrogen) atoms. The van der Waals surface area contributed by atoms with Crippen LogP contribution in [-0.4, -0.2) is 14.2 Å². The average molecular weight is 999 g/mol. The zero-order valence-corrected chi connectivity index (χ0v) is 43.5. The fourth-order valence-electron chi connectivity index (χ4n) is 11.7. The summed E-state index contributed by atoms with van der Waals surface area (Å²) in [4.78, 5) is 0. The van der Waals surface area contributed by atoms with Crippen molar-refractivity contribution < 1.29 is 9.47 Å². The molecule has 2 heteroatoms. The third kappa shape index (κ3) is 8.79. The van der Waals surface area contributed by atoms with Crippen LogP contribution in [-0.2, 0) is 0 Å². The lowest BCUT2D eigenvalue weighted by atomic mass is 9.86. The van der Waals surface area contributed by atoms with E-state index in [4.69, 9.17) is 9.47 Å². The lowest BCUT2D eigenvalue weighted by molar-refractivity contribution is 0.406. The molecule has 0 aliphatic rings. The molecule has 0 saturated carbocycles. The van der Waals surface area contributed by atoms with Crippen LogP contribution in [0.25, 0.3) is 111 Å². The van der Waals surface area contributed by atoms with Crippen molar-refractivity contribution in [3.05, 3.63) is 312 Å². The van der Waals surface area contributed by atoms with Crippen LogP contribution >= 0.6 is 0 Å². The van der Waals surface area contributed by atoms with Crippen molar-refractivity contribution in [3.8, 4) is 56.0 Å². The van der Waals surface area contributed by atoms with Gasteiger partial charge in [0.1, 0.15) is 11.5 Å². The van der Waals surface area contributed by atoms with E-state index < -0.39 is 0 Å². The second-order valence-electron chi connectivity index (χ2n) is 19.7. The normalized spacial score (nSPS) is 11.2. The molecule has 0 unspecified atom stereocenters. The molecule has 0 bridgehead atoms. The lowest BCUT2D eigenvalue weighted by Crippen LogP contribution is -1.95. The Balaban J connectivity index is 0.868. The Morgan fingerprint density at radius 3 is 0.744 bits per heavy atom. The minimum absolute atomic E-state index is 0.772. The van der Waals surface area contributed by atoms with Crippen molar-refractivity contribution in [2.24, 2.45) is 0 Å². The summed E-state index contributed by atoms with van der Waals surface area (Å²) in [6.45, 7) is 0. The quantitative estimate of drug-likeness (QED) is 0.0897. The third-order valence-corrected chi connectivity index (χ3v) is 15.4. The number of hydrogen-bond acceptors (Lipinski definition) is 2. The summed E-state index contributed by atoms with van der Waals surface area (Å²) < 4.78 is 12.4. The van der Waals surface area contributed by atoms with Crippen LogP contribution in [0.2, 0.25) is 0 Å². The van der Waals surface area contributed by atoms with Crippen molar-refractivity contribution in [1.82, 2.24) is 0 Å². The molecule has 370 valence electrons. The predicted molar refractivity (Wildman–Crippen MR) is 331 cm³/mol. The van der Waals surface area contributed by atoms with Crippen LogP contribution in [0.15, 0.2) is 279 Å². The van der Waals surface area contributed by atoms with E-state index in [1.54, 1.807) is 14.2 Å². The second kappa shape index (κ2) is 20.9. The smallest absolute Gasteiger partial charge is 0.127 e. The van der Waals surface area contributed by atoms with Crippen LogP contribution in [0.4, 0.5) is 0 Å². The average Bonchev–Trinajstić information content (AvgIpc) is 3.53. The van der Waals surface area contributed by atoms with Gasteiger partial charge in [-0.3, -0.25) is 0 Å². The Hall–Kier alpha value is -10.0. The highest BCUT2D eigenvalue weighted by molar-refractivity contribution is 6.20. The Morgan fingerprint density at radius 2 is 0.487 bits per heavy atom. The first-order valence-corrected chi connectivity index (χ1v) is 26.6. The Morgan fingerprint density at radius 1 is 0.256 bits per heavy atom. The highest BCUT2D eigenvalue weighted by Crippen LogP contribution is 2.46. The van der Waals surface area contributed by atoms with E-state index in [2.05, 4.69) is 291 Å². The van der Waals surface area contributed by atoms with Gasteiger partial charge in [0.15, 0.2) is 0 Å². The fourth-order valence-corrected chi connectivity index (χ4v) is 11.7. The maximum Gasteiger partial charge on any atom is 0.127 e. The van der Waals surface area contributed by atoms with Gasteiger partial charge in [-0.05, 0) is 145 Å². The first kappa shape index (κ1) is 47.7. The van der Waals surface area contributed by atoms with Crippen LogP contribution in [0, 0.1) is 0 Å². The third-order valence-electron chi connectivity index (χ3n) is 15.4. The first-order valence-electron chi connectivity index (χ1n) is 26.6. The highest BCUT2D eigenvalue weighted by Gasteiger charge is 2.20. The maximum absolute atomic E-state index is 6.22. The highest BCUT2D eigenvalue weighted by atomic mass is 16.5. The number of methoxy groups -OCH3 is 2. The molecule has 0 radical (unpaired) electrons. The van der Waals surface area contributed by atoms with Gasteiger partial charge in [-0.1, -0.05) is 267 Å². The van der Waals surface area contributed by atoms with E-state index >= 15 is 0 Å². The topological polar surface area (TPSA) is 18.5 Å². The Kier molecular flexibility index (Phi) is 12.8. The Bertz CT molecular complexity index is 3900. The van der Waals surface area contributed by atoms with E-state index in [1.165, 1.54) is 98.7 Å². The van der Waals surface area contributed by atoms with E-state index in [1.807, 2.05) is 0 Å². The number of ether oxygens (including phenoxy) is 2. The van der Waals surface area contributed by atoms with Gasteiger partial charge in [0.2, 0.25) is 0 Å². The van der Waals surface area contributed by atoms with Crippen molar-refractivity contribution in [3.63, 3.8) is 0 Å². The minimum Gasteiger partial charge on any atom is -0.496 e. The van der Waals surface area contributed by atoms with Gasteiger partial charge in [0, 0.05) is 11.1 Å². The molecular weight excluding hydrogens is 945 g/mol. The monoisotopic (exact) mass is 998 g/mol. The second-order valence-corrected chi connectivity index (χ2v) is 19.7. The van der Waals surface area contributed by atoms with Gasteiger partial charge >= 0.3 is 0 Å². The summed E-state index contributed by atoms with van der Waals surface area (Å²) in [5.74, 6) is 1.54. The molecule has 0 aliphatic carbocycles. The molecule has 13 aromatic rings. The standard InChI is InChI=1S/C76H54O2/c1-77-73-49-70(56-41-45-58(46-42-56)76-65-37-21-17-33-61(65)72(62-34-18-22-38-66(62)76)48-68(53-27-11-5-12-28-53)54-29-13-6-14-30-54)74(78-2)50-69(73)55-39-43-57(44-40-55)75-63-35-19-15-31-59(63)71(60-32-16-20-36-64(60)75)47-67(51-23-7-3-8-24-51)52-25-9-4-10-26-52/h3-50H,1-2H3. The molecule has 0 aliphatic heterocycles.